The van der Waals surface area contributed by atoms with Crippen molar-refractivity contribution in [1.82, 2.24) is 10.2 Å². The first-order valence-electron chi connectivity index (χ1n) is 10.4. The van der Waals surface area contributed by atoms with E-state index < -0.39 is 6.10 Å². The van der Waals surface area contributed by atoms with Crippen molar-refractivity contribution in [3.05, 3.63) is 65.2 Å². The number of rotatable bonds is 8. The summed E-state index contributed by atoms with van der Waals surface area (Å²) in [5.41, 5.74) is 3.47. The highest BCUT2D eigenvalue weighted by molar-refractivity contribution is 5.80. The number of carbonyl (C=O) groups excluding carboxylic acids is 1. The number of carbonyl (C=O) groups is 1. The monoisotopic (exact) mass is 396 g/mol. The number of nitrogens with one attached hydrogen (secondary N) is 1. The maximum absolute atomic E-state index is 12.5. The van der Waals surface area contributed by atoms with Crippen molar-refractivity contribution in [2.45, 2.75) is 45.9 Å². The van der Waals surface area contributed by atoms with Gasteiger partial charge in [0.1, 0.15) is 5.75 Å². The van der Waals surface area contributed by atoms with Crippen LogP contribution in [-0.4, -0.2) is 43.2 Å². The molecule has 2 aromatic carbocycles. The van der Waals surface area contributed by atoms with Crippen LogP contribution >= 0.6 is 0 Å². The molecule has 1 heterocycles. The second-order valence-electron chi connectivity index (χ2n) is 7.88. The molecule has 156 valence electrons. The molecule has 29 heavy (non-hydrogen) atoms. The second-order valence-corrected chi connectivity index (χ2v) is 7.88. The molecule has 0 aliphatic carbocycles. The zero-order valence-corrected chi connectivity index (χ0v) is 17.7. The number of hydrogen-bond donors (Lipinski definition) is 1. The molecule has 1 fully saturated rings. The van der Waals surface area contributed by atoms with Gasteiger partial charge in [-0.25, -0.2) is 0 Å². The van der Waals surface area contributed by atoms with E-state index in [4.69, 9.17) is 9.47 Å². The molecule has 1 aliphatic heterocycles. The third kappa shape index (κ3) is 6.31. The molecule has 5 nitrogen and oxygen atoms in total. The highest BCUT2D eigenvalue weighted by Crippen LogP contribution is 2.26. The second kappa shape index (κ2) is 10.4. The van der Waals surface area contributed by atoms with E-state index in [1.54, 1.807) is 6.92 Å². The van der Waals surface area contributed by atoms with Crippen LogP contribution in [0, 0.1) is 0 Å². The third-order valence-electron chi connectivity index (χ3n) is 5.18. The average Bonchev–Trinajstić information content (AvgIpc) is 2.73. The molecule has 1 amide bonds. The Hall–Kier alpha value is -2.37. The Balaban J connectivity index is 1.53. The average molecular weight is 397 g/mol. The first kappa shape index (κ1) is 21.3. The van der Waals surface area contributed by atoms with Gasteiger partial charge < -0.3 is 14.8 Å². The summed E-state index contributed by atoms with van der Waals surface area (Å²) in [6.45, 7) is 11.0. The predicted molar refractivity (Wildman–Crippen MR) is 115 cm³/mol. The van der Waals surface area contributed by atoms with Gasteiger partial charge >= 0.3 is 0 Å². The maximum Gasteiger partial charge on any atom is 0.261 e. The molecule has 0 bridgehead atoms. The zero-order chi connectivity index (χ0) is 20.6. The van der Waals surface area contributed by atoms with Crippen LogP contribution in [0.2, 0.25) is 0 Å². The maximum atomic E-state index is 12.5. The topological polar surface area (TPSA) is 50.8 Å². The largest absolute Gasteiger partial charge is 0.481 e. The number of para-hydroxylation sites is 1. The molecule has 3 rings (SSSR count). The Morgan fingerprint density at radius 1 is 1.07 bits per heavy atom. The van der Waals surface area contributed by atoms with Crippen LogP contribution in [0.25, 0.3) is 0 Å². The van der Waals surface area contributed by atoms with E-state index >= 15 is 0 Å². The van der Waals surface area contributed by atoms with Crippen molar-refractivity contribution in [3.8, 4) is 5.75 Å². The van der Waals surface area contributed by atoms with Crippen LogP contribution in [0.1, 0.15) is 43.4 Å². The molecule has 0 radical (unpaired) electrons. The fourth-order valence-corrected chi connectivity index (χ4v) is 3.50. The van der Waals surface area contributed by atoms with E-state index in [1.165, 1.54) is 5.56 Å². The van der Waals surface area contributed by atoms with E-state index in [0.717, 1.165) is 49.7 Å². The molecule has 1 atom stereocenters. The van der Waals surface area contributed by atoms with Crippen molar-refractivity contribution in [1.29, 1.82) is 0 Å². The van der Waals surface area contributed by atoms with E-state index in [1.807, 2.05) is 30.3 Å². The molecule has 0 saturated carbocycles. The molecule has 1 saturated heterocycles. The van der Waals surface area contributed by atoms with Gasteiger partial charge in [0.2, 0.25) is 0 Å². The van der Waals surface area contributed by atoms with Crippen LogP contribution in [0.4, 0.5) is 0 Å². The lowest BCUT2D eigenvalue weighted by atomic mass is 10.0. The minimum atomic E-state index is -0.550. The van der Waals surface area contributed by atoms with Crippen LogP contribution < -0.4 is 10.1 Å². The summed E-state index contributed by atoms with van der Waals surface area (Å²) in [5, 5.41) is 3.00. The summed E-state index contributed by atoms with van der Waals surface area (Å²) in [4.78, 5) is 14.9. The van der Waals surface area contributed by atoms with Gasteiger partial charge in [-0.2, -0.15) is 0 Å². The summed E-state index contributed by atoms with van der Waals surface area (Å²) in [7, 11) is 0. The van der Waals surface area contributed by atoms with E-state index in [-0.39, 0.29) is 5.91 Å². The van der Waals surface area contributed by atoms with Crippen molar-refractivity contribution in [2.75, 3.05) is 26.3 Å². The number of ether oxygens (including phenoxy) is 2. The standard InChI is InChI=1S/C24H32N2O3/c1-18(2)22-9-4-5-10-23(22)29-19(3)24(27)25-16-20-7-6-8-21(15-20)17-26-11-13-28-14-12-26/h4-10,15,18-19H,11-14,16-17H2,1-3H3,(H,25,27)/t19-/m0/s1. The predicted octanol–water partition coefficient (Wildman–Crippen LogP) is 3.73. The summed E-state index contributed by atoms with van der Waals surface area (Å²) in [6.07, 6.45) is -0.550. The molecule has 0 spiro atoms. The minimum absolute atomic E-state index is 0.109. The molecule has 1 N–H and O–H groups in total. The first-order chi connectivity index (χ1) is 14.0. The van der Waals surface area contributed by atoms with Crippen molar-refractivity contribution in [2.24, 2.45) is 0 Å². The highest BCUT2D eigenvalue weighted by atomic mass is 16.5. The van der Waals surface area contributed by atoms with Crippen LogP contribution in [0.5, 0.6) is 5.75 Å². The Bertz CT molecular complexity index is 800. The van der Waals surface area contributed by atoms with Crippen molar-refractivity contribution >= 4 is 5.91 Å². The van der Waals surface area contributed by atoms with Gasteiger partial charge in [-0.3, -0.25) is 9.69 Å². The van der Waals surface area contributed by atoms with Crippen LogP contribution in [0.15, 0.2) is 48.5 Å². The van der Waals surface area contributed by atoms with Crippen molar-refractivity contribution in [3.63, 3.8) is 0 Å². The highest BCUT2D eigenvalue weighted by Gasteiger charge is 2.17. The zero-order valence-electron chi connectivity index (χ0n) is 17.7. The smallest absolute Gasteiger partial charge is 0.261 e. The number of nitrogens with zero attached hydrogens (tertiary/aromatic N) is 1. The molecular weight excluding hydrogens is 364 g/mol. The number of hydrogen-bond acceptors (Lipinski definition) is 4. The Kier molecular flexibility index (Phi) is 7.67. The van der Waals surface area contributed by atoms with E-state index in [9.17, 15) is 4.79 Å². The van der Waals surface area contributed by atoms with Gasteiger partial charge in [0.25, 0.3) is 5.91 Å². The van der Waals surface area contributed by atoms with E-state index in [0.29, 0.717) is 12.5 Å². The molecule has 0 aromatic heterocycles. The lowest BCUT2D eigenvalue weighted by Gasteiger charge is -2.26. The molecule has 0 unspecified atom stereocenters. The Morgan fingerprint density at radius 2 is 1.79 bits per heavy atom. The van der Waals surface area contributed by atoms with Crippen LogP contribution in [-0.2, 0) is 22.6 Å². The SMILES string of the molecule is CC(C)c1ccccc1O[C@@H](C)C(=O)NCc1cccc(CN2CCOCC2)c1. The van der Waals surface area contributed by atoms with Gasteiger partial charge in [0, 0.05) is 26.2 Å². The summed E-state index contributed by atoms with van der Waals surface area (Å²) in [5.74, 6) is 1.01. The molecule has 2 aromatic rings. The third-order valence-corrected chi connectivity index (χ3v) is 5.18. The number of benzene rings is 2. The fraction of sp³-hybridized carbons (Fsp3) is 0.458. The fourth-order valence-electron chi connectivity index (χ4n) is 3.50. The Labute approximate surface area is 174 Å². The minimum Gasteiger partial charge on any atom is -0.481 e. The first-order valence-corrected chi connectivity index (χ1v) is 10.4. The summed E-state index contributed by atoms with van der Waals surface area (Å²) >= 11 is 0. The molecule has 1 aliphatic rings. The lowest BCUT2D eigenvalue weighted by Crippen LogP contribution is -2.36. The Morgan fingerprint density at radius 3 is 2.55 bits per heavy atom. The number of morpholine rings is 1. The van der Waals surface area contributed by atoms with Crippen molar-refractivity contribution < 1.29 is 14.3 Å². The number of amides is 1. The van der Waals surface area contributed by atoms with Crippen LogP contribution in [0.3, 0.4) is 0 Å². The lowest BCUT2D eigenvalue weighted by molar-refractivity contribution is -0.127. The molecular formula is C24H32N2O3. The normalized spacial score (nSPS) is 15.9. The summed E-state index contributed by atoms with van der Waals surface area (Å²) < 4.78 is 11.4. The van der Waals surface area contributed by atoms with Gasteiger partial charge in [-0.15, -0.1) is 0 Å². The van der Waals surface area contributed by atoms with E-state index in [2.05, 4.69) is 42.3 Å². The summed E-state index contributed by atoms with van der Waals surface area (Å²) in [6, 6.07) is 16.3. The quantitative estimate of drug-likeness (QED) is 0.739. The van der Waals surface area contributed by atoms with Gasteiger partial charge in [-0.1, -0.05) is 56.3 Å². The van der Waals surface area contributed by atoms with Gasteiger partial charge in [0.05, 0.1) is 13.2 Å². The van der Waals surface area contributed by atoms with Gasteiger partial charge in [-0.05, 0) is 35.6 Å². The van der Waals surface area contributed by atoms with Gasteiger partial charge in [0.15, 0.2) is 6.10 Å². The molecule has 5 heteroatoms.